The summed E-state index contributed by atoms with van der Waals surface area (Å²) in [5.74, 6) is 1.62. The van der Waals surface area contributed by atoms with E-state index in [1.54, 1.807) is 18.7 Å². The number of furan rings is 1. The van der Waals surface area contributed by atoms with Crippen molar-refractivity contribution in [3.8, 4) is 17.1 Å². The molecular weight excluding hydrogens is 240 g/mol. The summed E-state index contributed by atoms with van der Waals surface area (Å²) in [7, 11) is 2.15. The number of nitrogens with zero attached hydrogens (tertiary/aromatic N) is 2. The number of hydrogen-bond donors (Lipinski definition) is 0. The number of aromatic nitrogens is 1. The molecule has 0 N–H and O–H groups in total. The predicted octanol–water partition coefficient (Wildman–Crippen LogP) is 2.81. The predicted molar refractivity (Wildman–Crippen MR) is 73.1 cm³/mol. The van der Waals surface area contributed by atoms with Gasteiger partial charge in [0.1, 0.15) is 18.1 Å². The fraction of sp³-hybridized carbons (Fsp3) is 0.400. The van der Waals surface area contributed by atoms with E-state index in [4.69, 9.17) is 9.15 Å². The normalized spacial score (nSPS) is 19.7. The maximum Gasteiger partial charge on any atom is 0.138 e. The molecule has 100 valence electrons. The molecule has 0 saturated carbocycles. The van der Waals surface area contributed by atoms with Crippen molar-refractivity contribution < 1.29 is 9.15 Å². The number of likely N-dealkylation sites (tertiary alicyclic amines) is 1. The van der Waals surface area contributed by atoms with Crippen molar-refractivity contribution in [1.29, 1.82) is 0 Å². The lowest BCUT2D eigenvalue weighted by atomic mass is 10.2. The summed E-state index contributed by atoms with van der Waals surface area (Å²) in [4.78, 5) is 6.56. The Hall–Kier alpha value is -1.81. The summed E-state index contributed by atoms with van der Waals surface area (Å²) in [5.41, 5.74) is 0.947. The molecule has 0 unspecified atom stereocenters. The average molecular weight is 258 g/mol. The first-order valence-corrected chi connectivity index (χ1v) is 6.65. The van der Waals surface area contributed by atoms with Crippen molar-refractivity contribution in [2.75, 3.05) is 20.2 Å². The van der Waals surface area contributed by atoms with Gasteiger partial charge in [-0.05, 0) is 44.6 Å². The van der Waals surface area contributed by atoms with Crippen LogP contribution >= 0.6 is 0 Å². The molecule has 2 aromatic rings. The van der Waals surface area contributed by atoms with Crippen molar-refractivity contribution in [3.05, 3.63) is 36.9 Å². The quantitative estimate of drug-likeness (QED) is 0.845. The molecular formula is C15H18N2O2. The van der Waals surface area contributed by atoms with Crippen molar-refractivity contribution in [2.45, 2.75) is 18.9 Å². The monoisotopic (exact) mass is 258 g/mol. The molecule has 3 rings (SSSR count). The van der Waals surface area contributed by atoms with Gasteiger partial charge in [-0.3, -0.25) is 4.98 Å². The molecule has 0 aliphatic carbocycles. The van der Waals surface area contributed by atoms with Crippen LogP contribution in [0.2, 0.25) is 0 Å². The Labute approximate surface area is 113 Å². The Balaban J connectivity index is 1.66. The minimum atomic E-state index is 0.521. The van der Waals surface area contributed by atoms with Gasteiger partial charge in [-0.15, -0.1) is 0 Å². The van der Waals surface area contributed by atoms with Crippen molar-refractivity contribution in [3.63, 3.8) is 0 Å². The molecule has 0 amide bonds. The summed E-state index contributed by atoms with van der Waals surface area (Å²) in [6.45, 7) is 1.89. The first kappa shape index (κ1) is 12.2. The molecule has 0 spiro atoms. The summed E-state index contributed by atoms with van der Waals surface area (Å²) in [6, 6.07) is 6.29. The summed E-state index contributed by atoms with van der Waals surface area (Å²) in [5, 5.41) is 0. The third kappa shape index (κ3) is 2.79. The van der Waals surface area contributed by atoms with Gasteiger partial charge in [-0.2, -0.15) is 0 Å². The highest BCUT2D eigenvalue weighted by atomic mass is 16.5. The van der Waals surface area contributed by atoms with E-state index < -0.39 is 0 Å². The number of ether oxygens (including phenoxy) is 1. The van der Waals surface area contributed by atoms with E-state index in [1.807, 2.05) is 18.2 Å². The minimum Gasteiger partial charge on any atom is -0.490 e. The van der Waals surface area contributed by atoms with Crippen LogP contribution in [0.5, 0.6) is 5.75 Å². The third-order valence-electron chi connectivity index (χ3n) is 3.63. The molecule has 3 heterocycles. The van der Waals surface area contributed by atoms with Gasteiger partial charge < -0.3 is 14.1 Å². The first-order chi connectivity index (χ1) is 9.33. The topological polar surface area (TPSA) is 38.5 Å². The zero-order valence-electron chi connectivity index (χ0n) is 11.1. The largest absolute Gasteiger partial charge is 0.490 e. The summed E-state index contributed by atoms with van der Waals surface area (Å²) in [6.07, 6.45) is 7.67. The van der Waals surface area contributed by atoms with Crippen LogP contribution in [0.1, 0.15) is 12.8 Å². The van der Waals surface area contributed by atoms with E-state index in [0.717, 1.165) is 23.7 Å². The van der Waals surface area contributed by atoms with Crippen molar-refractivity contribution >= 4 is 0 Å². The molecule has 2 aromatic heterocycles. The molecule has 4 heteroatoms. The van der Waals surface area contributed by atoms with Gasteiger partial charge in [0.2, 0.25) is 0 Å². The Morgan fingerprint density at radius 1 is 1.47 bits per heavy atom. The van der Waals surface area contributed by atoms with Crippen LogP contribution in [0.25, 0.3) is 11.3 Å². The average Bonchev–Trinajstić information content (AvgIpc) is 3.08. The van der Waals surface area contributed by atoms with E-state index >= 15 is 0 Å². The Kier molecular flexibility index (Phi) is 3.51. The minimum absolute atomic E-state index is 0.521. The highest BCUT2D eigenvalue weighted by Gasteiger charge is 2.21. The highest BCUT2D eigenvalue weighted by Crippen LogP contribution is 2.23. The number of hydrogen-bond acceptors (Lipinski definition) is 4. The lowest BCUT2D eigenvalue weighted by Crippen LogP contribution is -2.30. The lowest BCUT2D eigenvalue weighted by molar-refractivity contribution is 0.198. The highest BCUT2D eigenvalue weighted by molar-refractivity contribution is 5.57. The number of rotatable bonds is 4. The van der Waals surface area contributed by atoms with Crippen LogP contribution in [-0.2, 0) is 0 Å². The Morgan fingerprint density at radius 3 is 3.16 bits per heavy atom. The van der Waals surface area contributed by atoms with Crippen LogP contribution in [0.4, 0.5) is 0 Å². The van der Waals surface area contributed by atoms with Crippen LogP contribution in [0.15, 0.2) is 41.3 Å². The second-order valence-corrected chi connectivity index (χ2v) is 4.97. The second-order valence-electron chi connectivity index (χ2n) is 4.97. The maximum atomic E-state index is 5.85. The van der Waals surface area contributed by atoms with Crippen molar-refractivity contribution in [1.82, 2.24) is 9.88 Å². The molecule has 1 saturated heterocycles. The van der Waals surface area contributed by atoms with E-state index in [9.17, 15) is 0 Å². The van der Waals surface area contributed by atoms with Gasteiger partial charge >= 0.3 is 0 Å². The summed E-state index contributed by atoms with van der Waals surface area (Å²) >= 11 is 0. The van der Waals surface area contributed by atoms with Gasteiger partial charge in [-0.1, -0.05) is 0 Å². The maximum absolute atomic E-state index is 5.85. The van der Waals surface area contributed by atoms with E-state index in [1.165, 1.54) is 19.4 Å². The fourth-order valence-electron chi connectivity index (χ4n) is 2.46. The van der Waals surface area contributed by atoms with Gasteiger partial charge in [-0.25, -0.2) is 0 Å². The van der Waals surface area contributed by atoms with Crippen molar-refractivity contribution in [2.24, 2.45) is 0 Å². The smallest absolute Gasteiger partial charge is 0.138 e. The molecule has 1 aliphatic heterocycles. The summed E-state index contributed by atoms with van der Waals surface area (Å²) < 4.78 is 11.2. The fourth-order valence-corrected chi connectivity index (χ4v) is 2.46. The zero-order valence-corrected chi connectivity index (χ0v) is 11.1. The second kappa shape index (κ2) is 5.45. The van der Waals surface area contributed by atoms with E-state index in [-0.39, 0.29) is 0 Å². The van der Waals surface area contributed by atoms with Crippen LogP contribution in [-0.4, -0.2) is 36.1 Å². The lowest BCUT2D eigenvalue weighted by Gasteiger charge is -2.19. The van der Waals surface area contributed by atoms with Gasteiger partial charge in [0.15, 0.2) is 0 Å². The van der Waals surface area contributed by atoms with Crippen LogP contribution < -0.4 is 4.74 Å². The zero-order chi connectivity index (χ0) is 13.1. The van der Waals surface area contributed by atoms with Gasteiger partial charge in [0, 0.05) is 17.8 Å². The molecule has 0 bridgehead atoms. The van der Waals surface area contributed by atoms with E-state index in [0.29, 0.717) is 6.04 Å². The first-order valence-electron chi connectivity index (χ1n) is 6.65. The van der Waals surface area contributed by atoms with Gasteiger partial charge in [0.05, 0.1) is 12.5 Å². The molecule has 1 atom stereocenters. The molecule has 0 aromatic carbocycles. The third-order valence-corrected chi connectivity index (χ3v) is 3.63. The number of pyridine rings is 1. The van der Waals surface area contributed by atoms with Gasteiger partial charge in [0.25, 0.3) is 0 Å². The number of likely N-dealkylation sites (N-methyl/N-ethyl adjacent to an activating group) is 1. The van der Waals surface area contributed by atoms with E-state index in [2.05, 4.69) is 16.9 Å². The molecule has 1 fully saturated rings. The molecule has 4 nitrogen and oxygen atoms in total. The van der Waals surface area contributed by atoms with Crippen LogP contribution in [0, 0.1) is 0 Å². The SMILES string of the molecule is CN1CCC[C@H]1COc1cncc(-c2ccco2)c1. The molecule has 0 radical (unpaired) electrons. The molecule has 19 heavy (non-hydrogen) atoms. The Bertz CT molecular complexity index is 525. The van der Waals surface area contributed by atoms with Crippen LogP contribution in [0.3, 0.4) is 0 Å². The molecule has 1 aliphatic rings. The Morgan fingerprint density at radius 2 is 2.42 bits per heavy atom. The standard InChI is InChI=1S/C15H18N2O2/c1-17-6-2-4-13(17)11-19-14-8-12(9-16-10-14)15-5-3-7-18-15/h3,5,7-10,13H,2,4,6,11H2,1H3/t13-/m0/s1.